The summed E-state index contributed by atoms with van der Waals surface area (Å²) in [6, 6.07) is 6.46. The van der Waals surface area contributed by atoms with Crippen molar-refractivity contribution in [2.45, 2.75) is 45.1 Å². The van der Waals surface area contributed by atoms with Gasteiger partial charge in [-0.1, -0.05) is 23.4 Å². The molecule has 1 saturated heterocycles. The first-order chi connectivity index (χ1) is 12.9. The van der Waals surface area contributed by atoms with E-state index in [9.17, 15) is 9.59 Å². The Hall–Kier alpha value is -2.70. The summed E-state index contributed by atoms with van der Waals surface area (Å²) in [5.41, 5.74) is 3.74. The highest BCUT2D eigenvalue weighted by Gasteiger charge is 2.46. The minimum absolute atomic E-state index is 0.0119. The molecule has 0 spiro atoms. The molecule has 1 unspecified atom stereocenters. The van der Waals surface area contributed by atoms with Gasteiger partial charge in [-0.3, -0.25) is 4.79 Å². The van der Waals surface area contributed by atoms with Gasteiger partial charge in [-0.05, 0) is 55.7 Å². The van der Waals surface area contributed by atoms with E-state index in [0.717, 1.165) is 25.8 Å². The zero-order valence-corrected chi connectivity index (χ0v) is 15.6. The molecule has 27 heavy (non-hydrogen) atoms. The van der Waals surface area contributed by atoms with Crippen molar-refractivity contribution < 1.29 is 14.7 Å². The standard InChI is InChI=1S/C20H24N4O3/c1-12-5-6-14(8-13(12)2)16-9-17(16)19(25)23-7-3-4-15(10-23)24-11-18(20(26)27)21-22-24/h5-6,8,11,15-17H,3-4,7,9-10H2,1-2H3,(H,26,27)/t15?,16-,17+/m0/s1. The molecule has 7 heteroatoms. The number of aromatic carboxylic acids is 1. The van der Waals surface area contributed by atoms with Crippen molar-refractivity contribution in [3.8, 4) is 0 Å². The molecule has 3 atom stereocenters. The lowest BCUT2D eigenvalue weighted by Crippen LogP contribution is -2.41. The molecule has 2 heterocycles. The number of piperidine rings is 1. The fourth-order valence-corrected chi connectivity index (χ4v) is 3.99. The summed E-state index contributed by atoms with van der Waals surface area (Å²) in [6.07, 6.45) is 4.13. The van der Waals surface area contributed by atoms with E-state index in [-0.39, 0.29) is 23.6 Å². The summed E-state index contributed by atoms with van der Waals surface area (Å²) in [4.78, 5) is 25.9. The van der Waals surface area contributed by atoms with Gasteiger partial charge in [0, 0.05) is 19.0 Å². The molecule has 1 aromatic heterocycles. The van der Waals surface area contributed by atoms with E-state index >= 15 is 0 Å². The summed E-state index contributed by atoms with van der Waals surface area (Å²) in [5, 5.41) is 16.6. The zero-order chi connectivity index (χ0) is 19.1. The molecule has 1 amide bonds. The molecule has 1 saturated carbocycles. The molecule has 2 fully saturated rings. The lowest BCUT2D eigenvalue weighted by molar-refractivity contribution is -0.134. The number of carbonyl (C=O) groups is 2. The predicted octanol–water partition coefficient (Wildman–Crippen LogP) is 2.56. The Kier molecular flexibility index (Phi) is 4.45. The third kappa shape index (κ3) is 3.46. The number of benzene rings is 1. The number of carboxylic acids is 1. The van der Waals surface area contributed by atoms with Crippen molar-refractivity contribution in [1.29, 1.82) is 0 Å². The molecule has 1 aliphatic heterocycles. The molecule has 1 aromatic carbocycles. The monoisotopic (exact) mass is 368 g/mol. The molecule has 2 aromatic rings. The maximum absolute atomic E-state index is 13.0. The third-order valence-electron chi connectivity index (χ3n) is 5.88. The fraction of sp³-hybridized carbons (Fsp3) is 0.500. The van der Waals surface area contributed by atoms with Crippen LogP contribution in [0.15, 0.2) is 24.4 Å². The topological polar surface area (TPSA) is 88.3 Å². The predicted molar refractivity (Wildman–Crippen MR) is 98.6 cm³/mol. The van der Waals surface area contributed by atoms with Crippen molar-refractivity contribution in [2.24, 2.45) is 5.92 Å². The van der Waals surface area contributed by atoms with Crippen LogP contribution in [0.2, 0.25) is 0 Å². The Morgan fingerprint density at radius 3 is 2.74 bits per heavy atom. The van der Waals surface area contributed by atoms with Crippen LogP contribution in [-0.2, 0) is 4.79 Å². The normalized spacial score (nSPS) is 24.7. The van der Waals surface area contributed by atoms with Gasteiger partial charge in [-0.15, -0.1) is 5.10 Å². The second kappa shape index (κ2) is 6.79. The van der Waals surface area contributed by atoms with Crippen molar-refractivity contribution in [1.82, 2.24) is 19.9 Å². The van der Waals surface area contributed by atoms with Crippen LogP contribution in [0.5, 0.6) is 0 Å². The quantitative estimate of drug-likeness (QED) is 0.896. The second-order valence-corrected chi connectivity index (χ2v) is 7.76. The molecular weight excluding hydrogens is 344 g/mol. The molecule has 1 aliphatic carbocycles. The van der Waals surface area contributed by atoms with E-state index in [4.69, 9.17) is 5.11 Å². The Labute approximate surface area is 158 Å². The van der Waals surface area contributed by atoms with Crippen LogP contribution in [0.3, 0.4) is 0 Å². The number of amides is 1. The number of nitrogens with zero attached hydrogens (tertiary/aromatic N) is 4. The fourth-order valence-electron chi connectivity index (χ4n) is 3.99. The minimum atomic E-state index is -1.08. The van der Waals surface area contributed by atoms with Crippen LogP contribution in [-0.4, -0.2) is 50.0 Å². The molecule has 4 rings (SSSR count). The van der Waals surface area contributed by atoms with Crippen LogP contribution in [0.4, 0.5) is 0 Å². The number of rotatable bonds is 4. The van der Waals surface area contributed by atoms with E-state index in [0.29, 0.717) is 12.5 Å². The van der Waals surface area contributed by atoms with Crippen LogP contribution in [0.1, 0.15) is 58.4 Å². The van der Waals surface area contributed by atoms with E-state index < -0.39 is 5.97 Å². The molecule has 7 nitrogen and oxygen atoms in total. The van der Waals surface area contributed by atoms with E-state index in [1.807, 2.05) is 4.90 Å². The van der Waals surface area contributed by atoms with Crippen LogP contribution in [0, 0.1) is 19.8 Å². The van der Waals surface area contributed by atoms with Gasteiger partial charge in [0.2, 0.25) is 5.91 Å². The minimum Gasteiger partial charge on any atom is -0.476 e. The first kappa shape index (κ1) is 17.7. The maximum Gasteiger partial charge on any atom is 0.358 e. The Bertz CT molecular complexity index is 891. The number of aryl methyl sites for hydroxylation is 2. The van der Waals surface area contributed by atoms with Crippen molar-refractivity contribution in [3.63, 3.8) is 0 Å². The largest absolute Gasteiger partial charge is 0.476 e. The molecule has 2 aliphatic rings. The first-order valence-electron chi connectivity index (χ1n) is 9.45. The van der Waals surface area contributed by atoms with Gasteiger partial charge in [0.1, 0.15) is 0 Å². The highest BCUT2D eigenvalue weighted by atomic mass is 16.4. The summed E-state index contributed by atoms with van der Waals surface area (Å²) in [5.74, 6) is -0.487. The van der Waals surface area contributed by atoms with Gasteiger partial charge in [0.05, 0.1) is 12.2 Å². The highest BCUT2D eigenvalue weighted by Crippen LogP contribution is 2.49. The number of likely N-dealkylation sites (tertiary alicyclic amines) is 1. The van der Waals surface area contributed by atoms with Crippen LogP contribution in [0.25, 0.3) is 0 Å². The summed E-state index contributed by atoms with van der Waals surface area (Å²) in [7, 11) is 0. The van der Waals surface area contributed by atoms with Gasteiger partial charge in [-0.2, -0.15) is 0 Å². The Balaban J connectivity index is 1.41. The number of carbonyl (C=O) groups excluding carboxylic acids is 1. The zero-order valence-electron chi connectivity index (χ0n) is 15.6. The molecule has 0 bridgehead atoms. The smallest absolute Gasteiger partial charge is 0.358 e. The average molecular weight is 368 g/mol. The van der Waals surface area contributed by atoms with Crippen molar-refractivity contribution >= 4 is 11.9 Å². The Morgan fingerprint density at radius 2 is 2.04 bits per heavy atom. The summed E-state index contributed by atoms with van der Waals surface area (Å²) < 4.78 is 1.59. The third-order valence-corrected chi connectivity index (χ3v) is 5.88. The lowest BCUT2D eigenvalue weighted by atomic mass is 10.0. The van der Waals surface area contributed by atoms with Crippen molar-refractivity contribution in [3.05, 3.63) is 46.8 Å². The number of carboxylic acid groups (broad SMARTS) is 1. The van der Waals surface area contributed by atoms with E-state index in [1.54, 1.807) is 4.68 Å². The number of aromatic nitrogens is 3. The molecule has 0 radical (unpaired) electrons. The van der Waals surface area contributed by atoms with Gasteiger partial charge < -0.3 is 10.0 Å². The molecular formula is C20H24N4O3. The second-order valence-electron chi connectivity index (χ2n) is 7.76. The van der Waals surface area contributed by atoms with Crippen LogP contribution < -0.4 is 0 Å². The van der Waals surface area contributed by atoms with Gasteiger partial charge in [-0.25, -0.2) is 9.48 Å². The lowest BCUT2D eigenvalue weighted by Gasteiger charge is -2.32. The van der Waals surface area contributed by atoms with Gasteiger partial charge >= 0.3 is 5.97 Å². The maximum atomic E-state index is 13.0. The van der Waals surface area contributed by atoms with Gasteiger partial charge in [0.25, 0.3) is 0 Å². The Morgan fingerprint density at radius 1 is 1.22 bits per heavy atom. The SMILES string of the molecule is Cc1ccc([C@@H]2C[C@H]2C(=O)N2CCCC(n3cc(C(=O)O)nn3)C2)cc1C. The van der Waals surface area contributed by atoms with E-state index in [1.165, 1.54) is 22.9 Å². The van der Waals surface area contributed by atoms with Gasteiger partial charge in [0.15, 0.2) is 5.69 Å². The first-order valence-corrected chi connectivity index (χ1v) is 9.45. The number of hydrogen-bond acceptors (Lipinski definition) is 4. The summed E-state index contributed by atoms with van der Waals surface area (Å²) >= 11 is 0. The summed E-state index contributed by atoms with van der Waals surface area (Å²) in [6.45, 7) is 5.53. The molecule has 1 N–H and O–H groups in total. The van der Waals surface area contributed by atoms with Crippen LogP contribution >= 0.6 is 0 Å². The van der Waals surface area contributed by atoms with E-state index in [2.05, 4.69) is 42.4 Å². The molecule has 142 valence electrons. The number of hydrogen-bond donors (Lipinski definition) is 1. The highest BCUT2D eigenvalue weighted by molar-refractivity contribution is 5.84. The van der Waals surface area contributed by atoms with Crippen molar-refractivity contribution in [2.75, 3.05) is 13.1 Å². The average Bonchev–Trinajstić information content (AvgIpc) is 3.30.